The van der Waals surface area contributed by atoms with Crippen molar-refractivity contribution in [2.45, 2.75) is 64.5 Å². The lowest BCUT2D eigenvalue weighted by molar-refractivity contribution is -0.142. The van der Waals surface area contributed by atoms with E-state index in [1.165, 1.54) is 11.8 Å². The van der Waals surface area contributed by atoms with E-state index in [0.29, 0.717) is 43.0 Å². The Bertz CT molecular complexity index is 728. The van der Waals surface area contributed by atoms with Gasteiger partial charge in [-0.05, 0) is 34.1 Å². The SMILES string of the molecule is CCOC(=O)C(CC)Sc1nnc(-c2cn(CC)nc2OCC)n1CC. The molecular formula is C17H27N5O3S. The normalized spacial score (nSPS) is 12.2. The molecule has 0 spiro atoms. The van der Waals surface area contributed by atoms with Crippen LogP contribution < -0.4 is 4.74 Å². The second-order valence-corrected chi connectivity index (χ2v) is 6.62. The Morgan fingerprint density at radius 3 is 2.50 bits per heavy atom. The monoisotopic (exact) mass is 381 g/mol. The molecule has 9 heteroatoms. The Labute approximate surface area is 158 Å². The van der Waals surface area contributed by atoms with Crippen LogP contribution in [0.3, 0.4) is 0 Å². The van der Waals surface area contributed by atoms with Gasteiger partial charge in [-0.2, -0.15) is 0 Å². The summed E-state index contributed by atoms with van der Waals surface area (Å²) < 4.78 is 14.6. The number of aryl methyl sites for hydroxylation is 1. The number of aromatic nitrogens is 5. The molecule has 8 nitrogen and oxygen atoms in total. The van der Waals surface area contributed by atoms with Gasteiger partial charge >= 0.3 is 5.97 Å². The summed E-state index contributed by atoms with van der Waals surface area (Å²) in [5.74, 6) is 1.02. The van der Waals surface area contributed by atoms with Crippen LogP contribution >= 0.6 is 11.8 Å². The molecule has 0 aliphatic carbocycles. The Kier molecular flexibility index (Phi) is 7.50. The van der Waals surface area contributed by atoms with Crippen molar-refractivity contribution < 1.29 is 14.3 Å². The Morgan fingerprint density at radius 1 is 1.15 bits per heavy atom. The van der Waals surface area contributed by atoms with E-state index in [2.05, 4.69) is 15.3 Å². The fraction of sp³-hybridized carbons (Fsp3) is 0.647. The van der Waals surface area contributed by atoms with Crippen molar-refractivity contribution in [1.82, 2.24) is 24.5 Å². The fourth-order valence-electron chi connectivity index (χ4n) is 2.48. The van der Waals surface area contributed by atoms with Crippen LogP contribution in [0.15, 0.2) is 11.4 Å². The van der Waals surface area contributed by atoms with Gasteiger partial charge < -0.3 is 14.0 Å². The maximum atomic E-state index is 12.1. The van der Waals surface area contributed by atoms with Crippen LogP contribution in [-0.4, -0.2) is 49.0 Å². The first kappa shape index (κ1) is 20.3. The minimum atomic E-state index is -0.304. The van der Waals surface area contributed by atoms with E-state index < -0.39 is 0 Å². The van der Waals surface area contributed by atoms with E-state index in [1.807, 2.05) is 50.1 Å². The predicted molar refractivity (Wildman–Crippen MR) is 100 cm³/mol. The molecule has 1 unspecified atom stereocenters. The molecule has 2 heterocycles. The molecule has 26 heavy (non-hydrogen) atoms. The smallest absolute Gasteiger partial charge is 0.319 e. The quantitative estimate of drug-likeness (QED) is 0.462. The number of hydrogen-bond donors (Lipinski definition) is 0. The molecule has 1 atom stereocenters. The molecule has 0 fully saturated rings. The Balaban J connectivity index is 2.36. The highest BCUT2D eigenvalue weighted by atomic mass is 32.2. The third-order valence-electron chi connectivity index (χ3n) is 3.77. The number of hydrogen-bond acceptors (Lipinski definition) is 7. The van der Waals surface area contributed by atoms with Gasteiger partial charge in [-0.15, -0.1) is 15.3 Å². The second kappa shape index (κ2) is 9.61. The van der Waals surface area contributed by atoms with Crippen molar-refractivity contribution in [1.29, 1.82) is 0 Å². The first-order valence-corrected chi connectivity index (χ1v) is 9.94. The summed E-state index contributed by atoms with van der Waals surface area (Å²) >= 11 is 1.38. The predicted octanol–water partition coefficient (Wildman–Crippen LogP) is 3.01. The Morgan fingerprint density at radius 2 is 1.92 bits per heavy atom. The van der Waals surface area contributed by atoms with E-state index in [9.17, 15) is 4.79 Å². The number of thioether (sulfide) groups is 1. The van der Waals surface area contributed by atoms with Crippen LogP contribution in [0.4, 0.5) is 0 Å². The molecule has 0 bridgehead atoms. The first-order chi connectivity index (χ1) is 12.6. The highest BCUT2D eigenvalue weighted by Crippen LogP contribution is 2.32. The highest BCUT2D eigenvalue weighted by Gasteiger charge is 2.25. The van der Waals surface area contributed by atoms with Crippen LogP contribution in [0.5, 0.6) is 5.88 Å². The number of carbonyl (C=O) groups is 1. The van der Waals surface area contributed by atoms with Crippen molar-refractivity contribution in [3.63, 3.8) is 0 Å². The van der Waals surface area contributed by atoms with Crippen LogP contribution in [0.25, 0.3) is 11.4 Å². The van der Waals surface area contributed by atoms with Gasteiger partial charge in [-0.3, -0.25) is 9.48 Å². The lowest BCUT2D eigenvalue weighted by Crippen LogP contribution is -2.20. The number of ether oxygens (including phenoxy) is 2. The van der Waals surface area contributed by atoms with Gasteiger partial charge in [0.05, 0.1) is 13.2 Å². The van der Waals surface area contributed by atoms with E-state index in [0.717, 1.165) is 12.1 Å². The van der Waals surface area contributed by atoms with E-state index in [4.69, 9.17) is 9.47 Å². The Hall–Kier alpha value is -2.03. The van der Waals surface area contributed by atoms with Crippen molar-refractivity contribution in [3.8, 4) is 17.3 Å². The minimum absolute atomic E-state index is 0.221. The van der Waals surface area contributed by atoms with E-state index in [-0.39, 0.29) is 11.2 Å². The standard InChI is InChI=1S/C17H27N5O3S/c1-6-13(16(23)25-10-5)26-17-19-18-14(22(17)8-3)12-11-21(7-2)20-15(12)24-9-4/h11,13H,6-10H2,1-5H3. The molecule has 0 aromatic carbocycles. The molecule has 0 amide bonds. The number of carbonyl (C=O) groups excluding carboxylic acids is 1. The van der Waals surface area contributed by atoms with Crippen molar-refractivity contribution >= 4 is 17.7 Å². The van der Waals surface area contributed by atoms with Crippen molar-refractivity contribution in [2.24, 2.45) is 0 Å². The minimum Gasteiger partial charge on any atom is -0.476 e. The second-order valence-electron chi connectivity index (χ2n) is 5.45. The summed E-state index contributed by atoms with van der Waals surface area (Å²) in [5, 5.41) is 13.5. The molecule has 0 N–H and O–H groups in total. The average molecular weight is 382 g/mol. The molecule has 0 saturated heterocycles. The van der Waals surface area contributed by atoms with Crippen molar-refractivity contribution in [3.05, 3.63) is 6.20 Å². The molecule has 144 valence electrons. The van der Waals surface area contributed by atoms with Crippen molar-refractivity contribution in [2.75, 3.05) is 13.2 Å². The fourth-order valence-corrected chi connectivity index (χ4v) is 3.50. The van der Waals surface area contributed by atoms with Gasteiger partial charge in [-0.1, -0.05) is 18.7 Å². The third-order valence-corrected chi connectivity index (χ3v) is 5.10. The number of nitrogens with zero attached hydrogens (tertiary/aromatic N) is 5. The zero-order chi connectivity index (χ0) is 19.1. The number of rotatable bonds is 10. The summed E-state index contributed by atoms with van der Waals surface area (Å²) in [6, 6.07) is 0. The zero-order valence-electron chi connectivity index (χ0n) is 16.1. The molecular weight excluding hydrogens is 354 g/mol. The third kappa shape index (κ3) is 4.38. The molecule has 0 aliphatic rings. The first-order valence-electron chi connectivity index (χ1n) is 9.06. The van der Waals surface area contributed by atoms with Crippen LogP contribution in [0, 0.1) is 0 Å². The van der Waals surface area contributed by atoms with Gasteiger partial charge in [0.15, 0.2) is 11.0 Å². The molecule has 2 aromatic rings. The summed E-state index contributed by atoms with van der Waals surface area (Å²) in [7, 11) is 0. The zero-order valence-corrected chi connectivity index (χ0v) is 16.9. The lowest BCUT2D eigenvalue weighted by Gasteiger charge is -2.13. The van der Waals surface area contributed by atoms with E-state index >= 15 is 0 Å². The highest BCUT2D eigenvalue weighted by molar-refractivity contribution is 8.00. The maximum Gasteiger partial charge on any atom is 0.319 e. The molecule has 2 rings (SSSR count). The maximum absolute atomic E-state index is 12.1. The molecule has 0 aliphatic heterocycles. The summed E-state index contributed by atoms with van der Waals surface area (Å²) in [6.45, 7) is 12.0. The lowest BCUT2D eigenvalue weighted by atomic mass is 10.3. The molecule has 2 aromatic heterocycles. The molecule has 0 radical (unpaired) electrons. The van der Waals surface area contributed by atoms with Gasteiger partial charge in [0.25, 0.3) is 0 Å². The summed E-state index contributed by atoms with van der Waals surface area (Å²) in [4.78, 5) is 12.1. The largest absolute Gasteiger partial charge is 0.476 e. The van der Waals surface area contributed by atoms with Crippen LogP contribution in [-0.2, 0) is 22.6 Å². The van der Waals surface area contributed by atoms with Crippen LogP contribution in [0.1, 0.15) is 41.0 Å². The summed E-state index contributed by atoms with van der Waals surface area (Å²) in [6.07, 6.45) is 2.58. The van der Waals surface area contributed by atoms with Gasteiger partial charge in [-0.25, -0.2) is 0 Å². The van der Waals surface area contributed by atoms with Crippen LogP contribution in [0.2, 0.25) is 0 Å². The van der Waals surface area contributed by atoms with Gasteiger partial charge in [0, 0.05) is 19.3 Å². The molecule has 0 saturated carbocycles. The van der Waals surface area contributed by atoms with E-state index in [1.54, 1.807) is 0 Å². The van der Waals surface area contributed by atoms with Gasteiger partial charge in [0.1, 0.15) is 10.8 Å². The average Bonchev–Trinajstić information content (AvgIpc) is 3.23. The van der Waals surface area contributed by atoms with Gasteiger partial charge in [0.2, 0.25) is 5.88 Å². The summed E-state index contributed by atoms with van der Waals surface area (Å²) in [5.41, 5.74) is 0.805. The number of esters is 1. The topological polar surface area (TPSA) is 84.1 Å².